The molecule has 0 radical (unpaired) electrons. The van der Waals surface area contributed by atoms with Crippen LogP contribution >= 0.6 is 0 Å². The van der Waals surface area contributed by atoms with E-state index in [2.05, 4.69) is 10.4 Å². The molecule has 0 bridgehead atoms. The van der Waals surface area contributed by atoms with Crippen molar-refractivity contribution in [1.82, 2.24) is 15.1 Å². The fourth-order valence-corrected chi connectivity index (χ4v) is 3.13. The first-order valence-electron chi connectivity index (χ1n) is 9.37. The molecule has 6 nitrogen and oxygen atoms in total. The average Bonchev–Trinajstić information content (AvgIpc) is 2.66. The van der Waals surface area contributed by atoms with Gasteiger partial charge in [-0.1, -0.05) is 30.3 Å². The van der Waals surface area contributed by atoms with E-state index in [1.807, 2.05) is 70.2 Å². The number of aromatic nitrogens is 2. The SMILES string of the molecule is Cc1nn(CC(=O)NC(C)c2ccc(OC(C)C)cc2)c(=O)c2ccccc12. The fourth-order valence-electron chi connectivity index (χ4n) is 3.13. The number of fused-ring (bicyclic) bond motifs is 1. The molecule has 1 aromatic heterocycles. The van der Waals surface area contributed by atoms with E-state index in [4.69, 9.17) is 4.74 Å². The summed E-state index contributed by atoms with van der Waals surface area (Å²) in [6.07, 6.45) is 0.110. The summed E-state index contributed by atoms with van der Waals surface area (Å²) < 4.78 is 6.86. The Morgan fingerprint density at radius 3 is 2.36 bits per heavy atom. The number of nitrogens with zero attached hydrogens (tertiary/aromatic N) is 2. The van der Waals surface area contributed by atoms with Gasteiger partial charge in [-0.15, -0.1) is 0 Å². The number of hydrogen-bond donors (Lipinski definition) is 1. The molecule has 3 aromatic rings. The van der Waals surface area contributed by atoms with Crippen molar-refractivity contribution in [2.24, 2.45) is 0 Å². The highest BCUT2D eigenvalue weighted by Crippen LogP contribution is 2.18. The minimum Gasteiger partial charge on any atom is -0.491 e. The van der Waals surface area contributed by atoms with Gasteiger partial charge in [0, 0.05) is 5.39 Å². The second-order valence-electron chi connectivity index (χ2n) is 7.12. The largest absolute Gasteiger partial charge is 0.491 e. The smallest absolute Gasteiger partial charge is 0.275 e. The first-order valence-corrected chi connectivity index (χ1v) is 9.37. The molecule has 0 aliphatic carbocycles. The minimum atomic E-state index is -0.265. The summed E-state index contributed by atoms with van der Waals surface area (Å²) in [5, 5.41) is 8.58. The van der Waals surface area contributed by atoms with Gasteiger partial charge in [0.1, 0.15) is 12.3 Å². The molecular weight excluding hydrogens is 354 g/mol. The van der Waals surface area contributed by atoms with Crippen molar-refractivity contribution in [1.29, 1.82) is 0 Å². The maximum absolute atomic E-state index is 12.6. The number of aryl methyl sites for hydroxylation is 1. The Morgan fingerprint density at radius 1 is 1.07 bits per heavy atom. The molecule has 3 rings (SSSR count). The van der Waals surface area contributed by atoms with Gasteiger partial charge in [-0.25, -0.2) is 4.68 Å². The van der Waals surface area contributed by atoms with Crippen LogP contribution in [0.25, 0.3) is 10.8 Å². The third kappa shape index (κ3) is 4.39. The summed E-state index contributed by atoms with van der Waals surface area (Å²) in [5.74, 6) is 0.527. The van der Waals surface area contributed by atoms with Crippen molar-refractivity contribution in [3.8, 4) is 5.75 Å². The fraction of sp³-hybridized carbons (Fsp3) is 0.318. The summed E-state index contributed by atoms with van der Waals surface area (Å²) in [5.41, 5.74) is 1.41. The standard InChI is InChI=1S/C22H25N3O3/c1-14(2)28-18-11-9-17(10-12-18)15(3)23-21(26)13-25-22(27)20-8-6-5-7-19(20)16(4)24-25/h5-12,14-15H,13H2,1-4H3,(H,23,26). The van der Waals surface area contributed by atoms with E-state index < -0.39 is 0 Å². The molecule has 0 aliphatic rings. The first kappa shape index (κ1) is 19.6. The van der Waals surface area contributed by atoms with E-state index in [1.165, 1.54) is 4.68 Å². The number of hydrogen-bond acceptors (Lipinski definition) is 4. The number of ether oxygens (including phenoxy) is 1. The van der Waals surface area contributed by atoms with Gasteiger partial charge in [0.05, 0.1) is 23.2 Å². The number of benzene rings is 2. The van der Waals surface area contributed by atoms with Gasteiger partial charge in [-0.2, -0.15) is 5.10 Å². The van der Waals surface area contributed by atoms with Crippen molar-refractivity contribution in [2.75, 3.05) is 0 Å². The Bertz CT molecular complexity index is 1040. The van der Waals surface area contributed by atoms with Crippen LogP contribution in [-0.2, 0) is 11.3 Å². The number of carbonyl (C=O) groups excluding carboxylic acids is 1. The lowest BCUT2D eigenvalue weighted by Crippen LogP contribution is -2.35. The van der Waals surface area contributed by atoms with E-state index >= 15 is 0 Å². The zero-order valence-corrected chi connectivity index (χ0v) is 16.6. The zero-order chi connectivity index (χ0) is 20.3. The van der Waals surface area contributed by atoms with Gasteiger partial charge < -0.3 is 10.1 Å². The lowest BCUT2D eigenvalue weighted by atomic mass is 10.1. The third-order valence-electron chi connectivity index (χ3n) is 4.48. The Labute approximate surface area is 164 Å². The molecule has 2 aromatic carbocycles. The third-order valence-corrected chi connectivity index (χ3v) is 4.48. The molecule has 0 aliphatic heterocycles. The molecule has 1 atom stereocenters. The Kier molecular flexibility index (Phi) is 5.78. The molecule has 0 saturated heterocycles. The van der Waals surface area contributed by atoms with E-state index in [-0.39, 0.29) is 30.2 Å². The second-order valence-corrected chi connectivity index (χ2v) is 7.12. The van der Waals surface area contributed by atoms with Gasteiger partial charge in [0.2, 0.25) is 5.91 Å². The minimum absolute atomic E-state index is 0.110. The van der Waals surface area contributed by atoms with Crippen LogP contribution in [0.15, 0.2) is 53.3 Å². The van der Waals surface area contributed by atoms with Crippen molar-refractivity contribution in [3.05, 3.63) is 70.1 Å². The second kappa shape index (κ2) is 8.25. The van der Waals surface area contributed by atoms with Gasteiger partial charge in [-0.3, -0.25) is 9.59 Å². The highest BCUT2D eigenvalue weighted by molar-refractivity contribution is 5.83. The molecule has 1 N–H and O–H groups in total. The highest BCUT2D eigenvalue weighted by atomic mass is 16.5. The monoisotopic (exact) mass is 379 g/mol. The van der Waals surface area contributed by atoms with Crippen LogP contribution in [-0.4, -0.2) is 21.8 Å². The van der Waals surface area contributed by atoms with Crippen LogP contribution in [0, 0.1) is 6.92 Å². The normalized spacial score (nSPS) is 12.2. The van der Waals surface area contributed by atoms with Crippen molar-refractivity contribution in [2.45, 2.75) is 46.4 Å². The number of rotatable bonds is 6. The van der Waals surface area contributed by atoms with Crippen LogP contribution in [0.3, 0.4) is 0 Å². The molecule has 1 amide bonds. The molecule has 1 heterocycles. The predicted octanol–water partition coefficient (Wildman–Crippen LogP) is 3.37. The molecule has 28 heavy (non-hydrogen) atoms. The zero-order valence-electron chi connectivity index (χ0n) is 16.6. The lowest BCUT2D eigenvalue weighted by Gasteiger charge is -2.16. The molecule has 0 fully saturated rings. The number of amides is 1. The van der Waals surface area contributed by atoms with Crippen LogP contribution in [0.1, 0.15) is 38.1 Å². The summed E-state index contributed by atoms with van der Waals surface area (Å²) in [7, 11) is 0. The van der Waals surface area contributed by atoms with Crippen molar-refractivity contribution < 1.29 is 9.53 Å². The first-order chi connectivity index (χ1) is 13.3. The Hall–Kier alpha value is -3.15. The van der Waals surface area contributed by atoms with Crippen LogP contribution in [0.2, 0.25) is 0 Å². The van der Waals surface area contributed by atoms with Crippen LogP contribution < -0.4 is 15.6 Å². The quantitative estimate of drug-likeness (QED) is 0.713. The van der Waals surface area contributed by atoms with Gasteiger partial charge in [0.15, 0.2) is 0 Å². The summed E-state index contributed by atoms with van der Waals surface area (Å²) >= 11 is 0. The van der Waals surface area contributed by atoms with Crippen molar-refractivity contribution in [3.63, 3.8) is 0 Å². The van der Waals surface area contributed by atoms with E-state index in [9.17, 15) is 9.59 Å². The van der Waals surface area contributed by atoms with Crippen molar-refractivity contribution >= 4 is 16.7 Å². The Morgan fingerprint density at radius 2 is 1.71 bits per heavy atom. The van der Waals surface area contributed by atoms with Gasteiger partial charge in [-0.05, 0) is 51.5 Å². The Balaban J connectivity index is 1.71. The number of nitrogens with one attached hydrogen (secondary N) is 1. The molecule has 1 unspecified atom stereocenters. The molecule has 0 spiro atoms. The van der Waals surface area contributed by atoms with E-state index in [1.54, 1.807) is 6.07 Å². The highest BCUT2D eigenvalue weighted by Gasteiger charge is 2.14. The van der Waals surface area contributed by atoms with Crippen LogP contribution in [0.4, 0.5) is 0 Å². The van der Waals surface area contributed by atoms with E-state index in [0.29, 0.717) is 5.39 Å². The predicted molar refractivity (Wildman–Crippen MR) is 110 cm³/mol. The molecule has 6 heteroatoms. The van der Waals surface area contributed by atoms with Crippen LogP contribution in [0.5, 0.6) is 5.75 Å². The average molecular weight is 379 g/mol. The molecule has 146 valence electrons. The van der Waals surface area contributed by atoms with Gasteiger partial charge >= 0.3 is 0 Å². The molecular formula is C22H25N3O3. The lowest BCUT2D eigenvalue weighted by molar-refractivity contribution is -0.122. The topological polar surface area (TPSA) is 73.2 Å². The summed E-state index contributed by atoms with van der Waals surface area (Å²) in [4.78, 5) is 25.1. The van der Waals surface area contributed by atoms with Gasteiger partial charge in [0.25, 0.3) is 5.56 Å². The number of carbonyl (C=O) groups is 1. The summed E-state index contributed by atoms with van der Waals surface area (Å²) in [6.45, 7) is 7.56. The maximum Gasteiger partial charge on any atom is 0.275 e. The summed E-state index contributed by atoms with van der Waals surface area (Å²) in [6, 6.07) is 14.7. The maximum atomic E-state index is 12.6. The van der Waals surface area contributed by atoms with E-state index in [0.717, 1.165) is 22.4 Å². The molecule has 0 saturated carbocycles.